The zero-order valence-corrected chi connectivity index (χ0v) is 13.2. The average Bonchev–Trinajstić information content (AvgIpc) is 2.35. The maximum atomic E-state index is 3.60. The molecule has 110 valence electrons. The second-order valence-corrected chi connectivity index (χ2v) is 5.70. The van der Waals surface area contributed by atoms with Crippen LogP contribution in [0.1, 0.15) is 79.1 Å². The van der Waals surface area contributed by atoms with Gasteiger partial charge in [-0.05, 0) is 26.7 Å². The second-order valence-electron chi connectivity index (χ2n) is 5.70. The number of rotatable bonds is 13. The van der Waals surface area contributed by atoms with E-state index in [0.717, 1.165) is 13.1 Å². The highest BCUT2D eigenvalue weighted by Crippen LogP contribution is 2.03. The van der Waals surface area contributed by atoms with Crippen LogP contribution in [-0.4, -0.2) is 25.2 Å². The zero-order chi connectivity index (χ0) is 13.6. The summed E-state index contributed by atoms with van der Waals surface area (Å²) in [5.74, 6) is 0. The Kier molecular flexibility index (Phi) is 13.3. The van der Waals surface area contributed by atoms with Crippen molar-refractivity contribution in [2.75, 3.05) is 13.1 Å². The van der Waals surface area contributed by atoms with Gasteiger partial charge in [0.25, 0.3) is 0 Å². The van der Waals surface area contributed by atoms with Gasteiger partial charge in [-0.25, -0.2) is 0 Å². The molecular weight excluding hydrogens is 220 g/mol. The van der Waals surface area contributed by atoms with Crippen LogP contribution in [0.4, 0.5) is 0 Å². The van der Waals surface area contributed by atoms with Gasteiger partial charge in [0.15, 0.2) is 0 Å². The molecule has 0 rings (SSSR count). The van der Waals surface area contributed by atoms with E-state index < -0.39 is 0 Å². The number of hydrogen-bond donors (Lipinski definition) is 2. The van der Waals surface area contributed by atoms with E-state index in [0.29, 0.717) is 12.1 Å². The Balaban J connectivity index is 3.27. The summed E-state index contributed by atoms with van der Waals surface area (Å²) in [6.45, 7) is 11.3. The molecule has 0 aliphatic carbocycles. The van der Waals surface area contributed by atoms with Crippen LogP contribution in [0.25, 0.3) is 0 Å². The molecule has 0 saturated carbocycles. The summed E-state index contributed by atoms with van der Waals surface area (Å²) >= 11 is 0. The van der Waals surface area contributed by atoms with Crippen molar-refractivity contribution in [3.63, 3.8) is 0 Å². The summed E-state index contributed by atoms with van der Waals surface area (Å²) < 4.78 is 0. The van der Waals surface area contributed by atoms with Crippen LogP contribution >= 0.6 is 0 Å². The number of nitrogens with one attached hydrogen (secondary N) is 2. The minimum Gasteiger partial charge on any atom is -0.313 e. The van der Waals surface area contributed by atoms with Gasteiger partial charge in [0.2, 0.25) is 0 Å². The summed E-state index contributed by atoms with van der Waals surface area (Å²) in [6.07, 6.45) is 10.8. The summed E-state index contributed by atoms with van der Waals surface area (Å²) in [6, 6.07) is 1.35. The highest BCUT2D eigenvalue weighted by atomic mass is 15.0. The summed E-state index contributed by atoms with van der Waals surface area (Å²) in [4.78, 5) is 0. The van der Waals surface area contributed by atoms with E-state index in [-0.39, 0.29) is 0 Å². The van der Waals surface area contributed by atoms with Crippen molar-refractivity contribution < 1.29 is 0 Å². The van der Waals surface area contributed by atoms with Crippen LogP contribution in [0.5, 0.6) is 0 Å². The van der Waals surface area contributed by atoms with Crippen LogP contribution in [0.3, 0.4) is 0 Å². The topological polar surface area (TPSA) is 24.1 Å². The van der Waals surface area contributed by atoms with Crippen molar-refractivity contribution in [1.29, 1.82) is 0 Å². The molecule has 2 atom stereocenters. The van der Waals surface area contributed by atoms with Gasteiger partial charge >= 0.3 is 0 Å². The molecule has 2 nitrogen and oxygen atoms in total. The molecule has 0 unspecified atom stereocenters. The van der Waals surface area contributed by atoms with Gasteiger partial charge in [-0.3, -0.25) is 0 Å². The monoisotopic (exact) mass is 256 g/mol. The van der Waals surface area contributed by atoms with Crippen molar-refractivity contribution in [1.82, 2.24) is 10.6 Å². The molecule has 0 fully saturated rings. The molecule has 2 heteroatoms. The van der Waals surface area contributed by atoms with Gasteiger partial charge in [0.05, 0.1) is 0 Å². The molecule has 0 aromatic rings. The van der Waals surface area contributed by atoms with E-state index in [1.807, 2.05) is 0 Å². The lowest BCUT2D eigenvalue weighted by Gasteiger charge is -2.16. The highest BCUT2D eigenvalue weighted by Gasteiger charge is 2.02. The molecule has 0 radical (unpaired) electrons. The first-order valence-electron chi connectivity index (χ1n) is 8.17. The summed E-state index contributed by atoms with van der Waals surface area (Å²) in [5, 5.41) is 7.20. The van der Waals surface area contributed by atoms with Crippen molar-refractivity contribution in [3.8, 4) is 0 Å². The van der Waals surface area contributed by atoms with Crippen molar-refractivity contribution in [2.24, 2.45) is 0 Å². The molecule has 0 aromatic carbocycles. The summed E-state index contributed by atoms with van der Waals surface area (Å²) in [5.41, 5.74) is 0. The summed E-state index contributed by atoms with van der Waals surface area (Å²) in [7, 11) is 0. The molecule has 0 aliphatic rings. The fourth-order valence-corrected chi connectivity index (χ4v) is 2.24. The van der Waals surface area contributed by atoms with Gasteiger partial charge in [-0.15, -0.1) is 0 Å². The lowest BCUT2D eigenvalue weighted by Crippen LogP contribution is -2.36. The first-order chi connectivity index (χ1) is 8.70. The molecule has 2 N–H and O–H groups in total. The predicted molar refractivity (Wildman–Crippen MR) is 83.2 cm³/mol. The van der Waals surface area contributed by atoms with Crippen molar-refractivity contribution in [2.45, 2.75) is 91.1 Å². The minimum absolute atomic E-state index is 0.675. The fourth-order valence-electron chi connectivity index (χ4n) is 2.24. The Morgan fingerprint density at radius 3 is 1.39 bits per heavy atom. The van der Waals surface area contributed by atoms with E-state index in [4.69, 9.17) is 0 Å². The quantitative estimate of drug-likeness (QED) is 0.485. The Morgan fingerprint density at radius 2 is 1.06 bits per heavy atom. The third kappa shape index (κ3) is 12.4. The van der Waals surface area contributed by atoms with Gasteiger partial charge < -0.3 is 10.6 Å². The molecule has 0 aliphatic heterocycles. The van der Waals surface area contributed by atoms with Crippen molar-refractivity contribution in [3.05, 3.63) is 0 Å². The molecule has 0 aromatic heterocycles. The molecule has 0 bridgehead atoms. The maximum absolute atomic E-state index is 3.60. The molecule has 0 amide bonds. The Morgan fingerprint density at radius 1 is 0.667 bits per heavy atom. The van der Waals surface area contributed by atoms with E-state index in [1.54, 1.807) is 0 Å². The minimum atomic E-state index is 0.675. The molecule has 0 spiro atoms. The smallest absolute Gasteiger partial charge is 0.00793 e. The molecule has 0 saturated heterocycles. The number of unbranched alkanes of at least 4 members (excludes halogenated alkanes) is 4. The van der Waals surface area contributed by atoms with Crippen LogP contribution in [-0.2, 0) is 0 Å². The van der Waals surface area contributed by atoms with Gasteiger partial charge in [0.1, 0.15) is 0 Å². The lowest BCUT2D eigenvalue weighted by atomic mass is 10.1. The Hall–Kier alpha value is -0.0800. The van der Waals surface area contributed by atoms with Gasteiger partial charge in [-0.2, -0.15) is 0 Å². The molecule has 0 heterocycles. The van der Waals surface area contributed by atoms with E-state index >= 15 is 0 Å². The van der Waals surface area contributed by atoms with E-state index in [9.17, 15) is 0 Å². The standard InChI is InChI=1S/C16H36N2/c1-5-7-9-11-15(3)17-13-14-18-16(4)12-10-8-6-2/h15-18H,5-14H2,1-4H3/t15-,16+. The van der Waals surface area contributed by atoms with E-state index in [1.165, 1.54) is 51.4 Å². The van der Waals surface area contributed by atoms with Crippen LogP contribution in [0.15, 0.2) is 0 Å². The van der Waals surface area contributed by atoms with Crippen LogP contribution in [0.2, 0.25) is 0 Å². The van der Waals surface area contributed by atoms with Crippen LogP contribution in [0, 0.1) is 0 Å². The fraction of sp³-hybridized carbons (Fsp3) is 1.00. The van der Waals surface area contributed by atoms with Crippen molar-refractivity contribution >= 4 is 0 Å². The predicted octanol–water partition coefficient (Wildman–Crippen LogP) is 4.10. The Bertz CT molecular complexity index is 141. The highest BCUT2D eigenvalue weighted by molar-refractivity contribution is 4.65. The van der Waals surface area contributed by atoms with E-state index in [2.05, 4.69) is 38.3 Å². The van der Waals surface area contributed by atoms with Crippen LogP contribution < -0.4 is 10.6 Å². The average molecular weight is 256 g/mol. The molecule has 18 heavy (non-hydrogen) atoms. The number of hydrogen-bond acceptors (Lipinski definition) is 2. The Labute approximate surface area is 115 Å². The molecular formula is C16H36N2. The second kappa shape index (κ2) is 13.4. The third-order valence-corrected chi connectivity index (χ3v) is 3.59. The van der Waals surface area contributed by atoms with Gasteiger partial charge in [0, 0.05) is 25.2 Å². The first-order valence-corrected chi connectivity index (χ1v) is 8.17. The third-order valence-electron chi connectivity index (χ3n) is 3.59. The SMILES string of the molecule is CCCCC[C@@H](C)NCCN[C@@H](C)CCCCC. The normalized spacial score (nSPS) is 14.7. The van der Waals surface area contributed by atoms with Gasteiger partial charge in [-0.1, -0.05) is 52.4 Å². The maximum Gasteiger partial charge on any atom is 0.00793 e. The first kappa shape index (κ1) is 17.9. The lowest BCUT2D eigenvalue weighted by molar-refractivity contribution is 0.447. The zero-order valence-electron chi connectivity index (χ0n) is 13.2. The largest absolute Gasteiger partial charge is 0.313 e.